The summed E-state index contributed by atoms with van der Waals surface area (Å²) in [7, 11) is 0. The van der Waals surface area contributed by atoms with Gasteiger partial charge in [-0.25, -0.2) is 4.98 Å². The summed E-state index contributed by atoms with van der Waals surface area (Å²) in [5, 5.41) is 6.36. The fraction of sp³-hybridized carbons (Fsp3) is 0.0909. The van der Waals surface area contributed by atoms with Crippen molar-refractivity contribution < 1.29 is 18.8 Å². The Labute approximate surface area is 185 Å². The van der Waals surface area contributed by atoms with Gasteiger partial charge in [-0.05, 0) is 30.7 Å². The van der Waals surface area contributed by atoms with Crippen molar-refractivity contribution in [2.45, 2.75) is 13.8 Å². The molecule has 0 spiro atoms. The van der Waals surface area contributed by atoms with Crippen LogP contribution in [0.3, 0.4) is 0 Å². The first kappa shape index (κ1) is 20.7. The first-order valence-corrected chi connectivity index (χ1v) is 10.9. The zero-order valence-electron chi connectivity index (χ0n) is 16.6. The minimum absolute atomic E-state index is 0.118. The van der Waals surface area contributed by atoms with E-state index in [1.807, 2.05) is 30.3 Å². The lowest BCUT2D eigenvalue weighted by Crippen LogP contribution is -2.11. The van der Waals surface area contributed by atoms with Gasteiger partial charge in [0.1, 0.15) is 0 Å². The number of nitrogens with zero attached hydrogens (tertiary/aromatic N) is 1. The van der Waals surface area contributed by atoms with Crippen LogP contribution in [0, 0.1) is 6.92 Å². The summed E-state index contributed by atoms with van der Waals surface area (Å²) < 4.78 is 5.08. The molecule has 3 aromatic heterocycles. The number of furan rings is 1. The molecule has 0 unspecified atom stereocenters. The van der Waals surface area contributed by atoms with Crippen LogP contribution in [-0.4, -0.2) is 22.6 Å². The average Bonchev–Trinajstić information content (AvgIpc) is 3.48. The van der Waals surface area contributed by atoms with E-state index in [4.69, 9.17) is 4.42 Å². The van der Waals surface area contributed by atoms with E-state index in [9.17, 15) is 14.4 Å². The van der Waals surface area contributed by atoms with Gasteiger partial charge in [-0.3, -0.25) is 19.7 Å². The summed E-state index contributed by atoms with van der Waals surface area (Å²) >= 11 is 2.29. The number of thiazole rings is 1. The van der Waals surface area contributed by atoms with E-state index in [1.54, 1.807) is 25.1 Å². The molecule has 31 heavy (non-hydrogen) atoms. The number of carbonyl (C=O) groups excluding carboxylic acids is 3. The third-order valence-electron chi connectivity index (χ3n) is 4.32. The molecule has 2 N–H and O–H groups in total. The van der Waals surface area contributed by atoms with Crippen molar-refractivity contribution in [2.75, 3.05) is 10.6 Å². The Kier molecular flexibility index (Phi) is 5.79. The monoisotopic (exact) mass is 451 g/mol. The molecule has 0 saturated carbocycles. The van der Waals surface area contributed by atoms with Gasteiger partial charge in [0.15, 0.2) is 16.7 Å². The lowest BCUT2D eigenvalue weighted by Gasteiger charge is -2.00. The average molecular weight is 452 g/mol. The molecule has 4 aromatic rings. The SMILES string of the molecule is CC(=O)c1sc(NC(=O)c2sc(NC(=O)c3ccco3)cc2C)nc1-c1ccccc1. The second-order valence-corrected chi connectivity index (χ2v) is 8.68. The van der Waals surface area contributed by atoms with Gasteiger partial charge in [0, 0.05) is 12.5 Å². The summed E-state index contributed by atoms with van der Waals surface area (Å²) in [5.74, 6) is -0.682. The lowest BCUT2D eigenvalue weighted by atomic mass is 10.1. The van der Waals surface area contributed by atoms with Crippen LogP contribution in [-0.2, 0) is 0 Å². The van der Waals surface area contributed by atoms with Crippen molar-refractivity contribution in [1.82, 2.24) is 4.98 Å². The summed E-state index contributed by atoms with van der Waals surface area (Å²) in [5.41, 5.74) is 2.06. The maximum absolute atomic E-state index is 12.8. The van der Waals surface area contributed by atoms with Crippen molar-refractivity contribution in [3.05, 3.63) is 75.9 Å². The van der Waals surface area contributed by atoms with Crippen LogP contribution in [0.2, 0.25) is 0 Å². The van der Waals surface area contributed by atoms with E-state index in [0.29, 0.717) is 31.1 Å². The second-order valence-electron chi connectivity index (χ2n) is 6.63. The number of hydrogen-bond donors (Lipinski definition) is 2. The fourth-order valence-corrected chi connectivity index (χ4v) is 4.75. The van der Waals surface area contributed by atoms with Crippen LogP contribution in [0.5, 0.6) is 0 Å². The molecule has 0 aliphatic heterocycles. The van der Waals surface area contributed by atoms with Crippen molar-refractivity contribution in [3.8, 4) is 11.3 Å². The standard InChI is InChI=1S/C22H17N3O4S2/c1-12-11-16(23-20(27)15-9-6-10-29-15)30-18(12)21(28)25-22-24-17(19(31-22)13(2)26)14-7-4-3-5-8-14/h3-11H,1-2H3,(H,23,27)(H,24,25,28). The number of aromatic nitrogens is 1. The van der Waals surface area contributed by atoms with E-state index < -0.39 is 5.91 Å². The van der Waals surface area contributed by atoms with Crippen molar-refractivity contribution in [3.63, 3.8) is 0 Å². The van der Waals surface area contributed by atoms with E-state index in [0.717, 1.165) is 28.2 Å². The molecule has 9 heteroatoms. The molecule has 3 heterocycles. The number of hydrogen-bond acceptors (Lipinski definition) is 7. The molecule has 0 radical (unpaired) electrons. The molecule has 0 fully saturated rings. The number of anilines is 2. The van der Waals surface area contributed by atoms with E-state index >= 15 is 0 Å². The van der Waals surface area contributed by atoms with Gasteiger partial charge >= 0.3 is 0 Å². The van der Waals surface area contributed by atoms with Gasteiger partial charge < -0.3 is 9.73 Å². The number of carbonyl (C=O) groups is 3. The first-order valence-electron chi connectivity index (χ1n) is 9.26. The van der Waals surface area contributed by atoms with Crippen LogP contribution in [0.15, 0.2) is 59.2 Å². The number of thiophene rings is 1. The zero-order chi connectivity index (χ0) is 22.0. The zero-order valence-corrected chi connectivity index (χ0v) is 18.2. The van der Waals surface area contributed by atoms with Crippen LogP contribution >= 0.6 is 22.7 Å². The van der Waals surface area contributed by atoms with Crippen LogP contribution in [0.25, 0.3) is 11.3 Å². The van der Waals surface area contributed by atoms with E-state index in [-0.39, 0.29) is 17.5 Å². The Hall–Kier alpha value is -3.56. The highest BCUT2D eigenvalue weighted by Gasteiger charge is 2.21. The van der Waals surface area contributed by atoms with Crippen molar-refractivity contribution in [2.24, 2.45) is 0 Å². The molecule has 7 nitrogen and oxygen atoms in total. The topological polar surface area (TPSA) is 101 Å². The number of ketones is 1. The highest BCUT2D eigenvalue weighted by molar-refractivity contribution is 7.19. The smallest absolute Gasteiger partial charge is 0.291 e. The minimum Gasteiger partial charge on any atom is -0.459 e. The van der Waals surface area contributed by atoms with Crippen molar-refractivity contribution in [1.29, 1.82) is 0 Å². The fourth-order valence-electron chi connectivity index (χ4n) is 2.91. The van der Waals surface area contributed by atoms with E-state index in [1.165, 1.54) is 13.2 Å². The highest BCUT2D eigenvalue weighted by Crippen LogP contribution is 2.33. The highest BCUT2D eigenvalue weighted by atomic mass is 32.1. The van der Waals surface area contributed by atoms with Gasteiger partial charge in [-0.15, -0.1) is 11.3 Å². The first-order chi connectivity index (χ1) is 14.9. The van der Waals surface area contributed by atoms with Gasteiger partial charge in [0.25, 0.3) is 11.8 Å². The van der Waals surface area contributed by atoms with Crippen molar-refractivity contribution >= 4 is 50.4 Å². The van der Waals surface area contributed by atoms with E-state index in [2.05, 4.69) is 15.6 Å². The molecule has 0 aliphatic rings. The van der Waals surface area contributed by atoms with Gasteiger partial charge in [0.05, 0.1) is 26.7 Å². The number of nitrogens with one attached hydrogen (secondary N) is 2. The molecule has 0 atom stereocenters. The summed E-state index contributed by atoms with van der Waals surface area (Å²) in [6.45, 7) is 3.26. The predicted molar refractivity (Wildman–Crippen MR) is 121 cm³/mol. The molecular weight excluding hydrogens is 434 g/mol. The Morgan fingerprint density at radius 1 is 0.935 bits per heavy atom. The summed E-state index contributed by atoms with van der Waals surface area (Å²) in [6.07, 6.45) is 1.42. The maximum Gasteiger partial charge on any atom is 0.291 e. The number of rotatable bonds is 6. The Balaban J connectivity index is 1.54. The normalized spacial score (nSPS) is 10.6. The number of Topliss-reactive ketones (excluding diaryl/α,β-unsaturated/α-hetero) is 1. The van der Waals surface area contributed by atoms with Gasteiger partial charge in [-0.1, -0.05) is 41.7 Å². The van der Waals surface area contributed by atoms with Crippen LogP contribution < -0.4 is 10.6 Å². The molecule has 156 valence electrons. The van der Waals surface area contributed by atoms with Gasteiger partial charge in [-0.2, -0.15) is 0 Å². The second kappa shape index (κ2) is 8.66. The van der Waals surface area contributed by atoms with Crippen LogP contribution in [0.4, 0.5) is 10.1 Å². The maximum atomic E-state index is 12.8. The summed E-state index contributed by atoms with van der Waals surface area (Å²) in [6, 6.07) is 14.2. The molecule has 4 rings (SSSR count). The van der Waals surface area contributed by atoms with Gasteiger partial charge in [0.2, 0.25) is 0 Å². The minimum atomic E-state index is -0.392. The Bertz CT molecular complexity index is 1260. The molecule has 0 saturated heterocycles. The number of amides is 2. The third-order valence-corrected chi connectivity index (χ3v) is 6.54. The summed E-state index contributed by atoms with van der Waals surface area (Å²) in [4.78, 5) is 42.5. The Morgan fingerprint density at radius 2 is 1.71 bits per heavy atom. The third kappa shape index (κ3) is 4.47. The number of benzene rings is 1. The molecular formula is C22H17N3O4S2. The largest absolute Gasteiger partial charge is 0.459 e. The predicted octanol–water partition coefficient (Wildman–Crippen LogP) is 5.48. The molecule has 1 aromatic carbocycles. The molecule has 2 amide bonds. The van der Waals surface area contributed by atoms with Crippen LogP contribution in [0.1, 0.15) is 42.4 Å². The Morgan fingerprint density at radius 3 is 2.39 bits per heavy atom. The number of aryl methyl sites for hydroxylation is 1. The lowest BCUT2D eigenvalue weighted by molar-refractivity contribution is 0.0993. The molecule has 0 bridgehead atoms. The molecule has 0 aliphatic carbocycles. The quantitative estimate of drug-likeness (QED) is 0.378.